The van der Waals surface area contributed by atoms with Crippen molar-refractivity contribution in [1.82, 2.24) is 20.4 Å². The minimum Gasteiger partial charge on any atom is -0.317 e. The smallest absolute Gasteiger partial charge is 0.0119 e. The van der Waals surface area contributed by atoms with Gasteiger partial charge in [0.2, 0.25) is 0 Å². The first kappa shape index (κ1) is 18.6. The number of hydrogen-bond donors (Lipinski definition) is 2. The van der Waals surface area contributed by atoms with Gasteiger partial charge in [-0.3, -0.25) is 0 Å². The molecule has 2 N–H and O–H groups in total. The summed E-state index contributed by atoms with van der Waals surface area (Å²) in [6.07, 6.45) is 14.2. The Kier molecular flexibility index (Phi) is 8.34. The number of hydrogen-bond acceptors (Lipinski definition) is 4. The monoisotopic (exact) mass is 336 g/mol. The van der Waals surface area contributed by atoms with Crippen molar-refractivity contribution >= 4 is 0 Å². The predicted molar refractivity (Wildman–Crippen MR) is 103 cm³/mol. The van der Waals surface area contributed by atoms with E-state index in [-0.39, 0.29) is 0 Å². The molecule has 0 aromatic heterocycles. The van der Waals surface area contributed by atoms with Gasteiger partial charge in [-0.1, -0.05) is 12.8 Å². The van der Waals surface area contributed by atoms with Crippen LogP contribution in [0.4, 0.5) is 0 Å². The maximum atomic E-state index is 3.43. The second-order valence-electron chi connectivity index (χ2n) is 8.16. The van der Waals surface area contributed by atoms with Gasteiger partial charge in [-0.2, -0.15) is 0 Å². The molecule has 0 aliphatic carbocycles. The third-order valence-electron chi connectivity index (χ3n) is 6.43. The molecule has 0 amide bonds. The molecule has 4 aliphatic rings. The Labute approximate surface area is 149 Å². The van der Waals surface area contributed by atoms with Gasteiger partial charge in [0.25, 0.3) is 0 Å². The van der Waals surface area contributed by atoms with Crippen LogP contribution in [0.15, 0.2) is 0 Å². The maximum Gasteiger partial charge on any atom is 0.0119 e. The lowest BCUT2D eigenvalue weighted by Gasteiger charge is -2.36. The van der Waals surface area contributed by atoms with Crippen LogP contribution in [0, 0.1) is 0 Å². The van der Waals surface area contributed by atoms with Crippen LogP contribution in [-0.2, 0) is 0 Å². The molecule has 0 bridgehead atoms. The molecule has 4 heteroatoms. The van der Waals surface area contributed by atoms with Crippen LogP contribution in [-0.4, -0.2) is 74.2 Å². The third-order valence-corrected chi connectivity index (χ3v) is 6.43. The first-order valence-electron chi connectivity index (χ1n) is 10.8. The highest BCUT2D eigenvalue weighted by Crippen LogP contribution is 2.18. The lowest BCUT2D eigenvalue weighted by Crippen LogP contribution is -2.45. The largest absolute Gasteiger partial charge is 0.317 e. The van der Waals surface area contributed by atoms with Crippen molar-refractivity contribution in [1.29, 1.82) is 0 Å². The summed E-state index contributed by atoms with van der Waals surface area (Å²) in [6.45, 7) is 10.4. The standard InChI is InChI=1S/2C10H20N2/c2*1-2-8-12(9-3-1)10-4-6-11-7-5-10/h2*10-11H,1-9H2. The van der Waals surface area contributed by atoms with Crippen LogP contribution in [0.2, 0.25) is 0 Å². The summed E-state index contributed by atoms with van der Waals surface area (Å²) in [7, 11) is 0. The zero-order valence-electron chi connectivity index (χ0n) is 15.8. The fourth-order valence-electron chi connectivity index (χ4n) is 4.91. The van der Waals surface area contributed by atoms with E-state index in [1.54, 1.807) is 0 Å². The van der Waals surface area contributed by atoms with Crippen molar-refractivity contribution < 1.29 is 0 Å². The van der Waals surface area contributed by atoms with Crippen LogP contribution in [0.3, 0.4) is 0 Å². The van der Waals surface area contributed by atoms with E-state index in [9.17, 15) is 0 Å². The van der Waals surface area contributed by atoms with Gasteiger partial charge < -0.3 is 20.4 Å². The average molecular weight is 337 g/mol. The Bertz CT molecular complexity index is 248. The quantitative estimate of drug-likeness (QED) is 0.811. The van der Waals surface area contributed by atoms with Crippen LogP contribution >= 0.6 is 0 Å². The van der Waals surface area contributed by atoms with Gasteiger partial charge in [0.15, 0.2) is 0 Å². The normalized spacial score (nSPS) is 29.0. The molecule has 0 unspecified atom stereocenters. The molecule has 4 fully saturated rings. The summed E-state index contributed by atoms with van der Waals surface area (Å²) in [4.78, 5) is 5.43. The highest BCUT2D eigenvalue weighted by Gasteiger charge is 2.22. The van der Waals surface area contributed by atoms with Crippen molar-refractivity contribution in [3.63, 3.8) is 0 Å². The van der Waals surface area contributed by atoms with Gasteiger partial charge in [-0.05, 0) is 104 Å². The molecular weight excluding hydrogens is 296 g/mol. The highest BCUT2D eigenvalue weighted by atomic mass is 15.2. The Balaban J connectivity index is 0.000000141. The Hall–Kier alpha value is -0.160. The summed E-state index contributed by atoms with van der Waals surface area (Å²) < 4.78 is 0. The van der Waals surface area contributed by atoms with Gasteiger partial charge >= 0.3 is 0 Å². The molecular formula is C20H40N4. The first-order chi connectivity index (χ1) is 11.9. The van der Waals surface area contributed by atoms with E-state index in [2.05, 4.69) is 20.4 Å². The lowest BCUT2D eigenvalue weighted by atomic mass is 10.0. The predicted octanol–water partition coefficient (Wildman–Crippen LogP) is 2.45. The maximum absolute atomic E-state index is 3.43. The minimum absolute atomic E-state index is 0.909. The van der Waals surface area contributed by atoms with Gasteiger partial charge in [0, 0.05) is 12.1 Å². The molecule has 0 radical (unpaired) electrons. The molecule has 4 aliphatic heterocycles. The van der Waals surface area contributed by atoms with Crippen LogP contribution in [0.5, 0.6) is 0 Å². The third kappa shape index (κ3) is 5.98. The van der Waals surface area contributed by atoms with E-state index in [1.807, 2.05) is 0 Å². The van der Waals surface area contributed by atoms with E-state index in [1.165, 1.54) is 117 Å². The molecule has 4 heterocycles. The lowest BCUT2D eigenvalue weighted by molar-refractivity contribution is 0.136. The summed E-state index contributed by atoms with van der Waals surface area (Å²) in [6, 6.07) is 1.82. The molecule has 4 saturated heterocycles. The van der Waals surface area contributed by atoms with E-state index in [0.717, 1.165) is 12.1 Å². The zero-order chi connectivity index (χ0) is 16.5. The highest BCUT2D eigenvalue weighted by molar-refractivity contribution is 4.80. The molecule has 24 heavy (non-hydrogen) atoms. The SMILES string of the molecule is C1CCN(C2CCNCC2)CC1.C1CCN(C2CCNCC2)CC1. The summed E-state index contributed by atoms with van der Waals surface area (Å²) in [5, 5.41) is 6.85. The van der Waals surface area contributed by atoms with Crippen LogP contribution in [0.25, 0.3) is 0 Å². The van der Waals surface area contributed by atoms with Gasteiger partial charge in [0.1, 0.15) is 0 Å². The van der Waals surface area contributed by atoms with Gasteiger partial charge in [-0.15, -0.1) is 0 Å². The molecule has 0 spiro atoms. The molecule has 0 saturated carbocycles. The molecule has 0 atom stereocenters. The fourth-order valence-corrected chi connectivity index (χ4v) is 4.91. The first-order valence-corrected chi connectivity index (χ1v) is 10.8. The number of nitrogens with one attached hydrogen (secondary N) is 2. The zero-order valence-corrected chi connectivity index (χ0v) is 15.8. The molecule has 0 aromatic carbocycles. The van der Waals surface area contributed by atoms with E-state index in [4.69, 9.17) is 0 Å². The topological polar surface area (TPSA) is 30.5 Å². The second kappa shape index (κ2) is 10.7. The molecule has 0 aromatic rings. The van der Waals surface area contributed by atoms with Crippen molar-refractivity contribution in [3.8, 4) is 0 Å². The van der Waals surface area contributed by atoms with Crippen LogP contribution in [0.1, 0.15) is 64.2 Å². The second-order valence-corrected chi connectivity index (χ2v) is 8.16. The fraction of sp³-hybridized carbons (Fsp3) is 1.00. The van der Waals surface area contributed by atoms with Gasteiger partial charge in [0.05, 0.1) is 0 Å². The van der Waals surface area contributed by atoms with E-state index >= 15 is 0 Å². The Morgan fingerprint density at radius 2 is 0.792 bits per heavy atom. The average Bonchev–Trinajstić information content (AvgIpc) is 2.71. The van der Waals surface area contributed by atoms with Crippen molar-refractivity contribution in [2.24, 2.45) is 0 Å². The molecule has 4 nitrogen and oxygen atoms in total. The summed E-state index contributed by atoms with van der Waals surface area (Å²) >= 11 is 0. The van der Waals surface area contributed by atoms with E-state index in [0.29, 0.717) is 0 Å². The summed E-state index contributed by atoms with van der Waals surface area (Å²) in [5.41, 5.74) is 0. The van der Waals surface area contributed by atoms with E-state index < -0.39 is 0 Å². The van der Waals surface area contributed by atoms with Gasteiger partial charge in [-0.25, -0.2) is 0 Å². The molecule has 4 rings (SSSR count). The summed E-state index contributed by atoms with van der Waals surface area (Å²) in [5.74, 6) is 0. The number of likely N-dealkylation sites (tertiary alicyclic amines) is 2. The number of rotatable bonds is 2. The van der Waals surface area contributed by atoms with Crippen molar-refractivity contribution in [2.75, 3.05) is 52.4 Å². The Morgan fingerprint density at radius 3 is 1.12 bits per heavy atom. The minimum atomic E-state index is 0.909. The van der Waals surface area contributed by atoms with Crippen molar-refractivity contribution in [2.45, 2.75) is 76.3 Å². The van der Waals surface area contributed by atoms with Crippen molar-refractivity contribution in [3.05, 3.63) is 0 Å². The number of nitrogens with zero attached hydrogens (tertiary/aromatic N) is 2. The Morgan fingerprint density at radius 1 is 0.458 bits per heavy atom. The number of piperidine rings is 4. The molecule has 140 valence electrons. The van der Waals surface area contributed by atoms with Crippen LogP contribution < -0.4 is 10.6 Å².